The molecule has 0 saturated carbocycles. The fraction of sp³-hybridized carbons (Fsp3) is 0.222. The van der Waals surface area contributed by atoms with E-state index in [9.17, 15) is 19.7 Å². The molecule has 4 rings (SSSR count). The zero-order valence-electron chi connectivity index (χ0n) is 14.8. The molecule has 0 bridgehead atoms. The number of carbonyl (C=O) groups is 2. The Bertz CT molecular complexity index is 1030. The minimum Gasteiger partial charge on any atom is -0.482 e. The first-order valence-electron chi connectivity index (χ1n) is 8.37. The Balaban J connectivity index is 1.46. The van der Waals surface area contributed by atoms with Crippen molar-refractivity contribution in [1.82, 2.24) is 0 Å². The number of benzene rings is 2. The Labute approximate surface area is 168 Å². The SMILES string of the molecule is O=C(CN1C(=O)COc2ccc([N+](=O)[O-])cc21)OCc1cc(Cl)c2c(c1)OCO2. The molecule has 150 valence electrons. The van der Waals surface area contributed by atoms with Crippen molar-refractivity contribution in [3.8, 4) is 17.2 Å². The molecule has 0 unspecified atom stereocenters. The van der Waals surface area contributed by atoms with Gasteiger partial charge in [-0.3, -0.25) is 24.6 Å². The average Bonchev–Trinajstić information content (AvgIpc) is 3.17. The molecule has 2 heterocycles. The number of hydrogen-bond acceptors (Lipinski definition) is 8. The molecule has 2 aromatic carbocycles. The first kappa shape index (κ1) is 18.8. The van der Waals surface area contributed by atoms with Gasteiger partial charge in [0.1, 0.15) is 18.9 Å². The van der Waals surface area contributed by atoms with Gasteiger partial charge in [0.25, 0.3) is 11.6 Å². The van der Waals surface area contributed by atoms with Crippen molar-refractivity contribution in [2.24, 2.45) is 0 Å². The van der Waals surface area contributed by atoms with Crippen LogP contribution in [0.4, 0.5) is 11.4 Å². The zero-order chi connectivity index (χ0) is 20.5. The van der Waals surface area contributed by atoms with E-state index in [1.807, 2.05) is 0 Å². The zero-order valence-corrected chi connectivity index (χ0v) is 15.5. The molecule has 29 heavy (non-hydrogen) atoms. The van der Waals surface area contributed by atoms with E-state index in [0.29, 0.717) is 22.1 Å². The lowest BCUT2D eigenvalue weighted by Gasteiger charge is -2.28. The van der Waals surface area contributed by atoms with E-state index in [-0.39, 0.29) is 37.1 Å². The Hall–Kier alpha value is -3.53. The largest absolute Gasteiger partial charge is 0.482 e. The van der Waals surface area contributed by atoms with Crippen LogP contribution >= 0.6 is 11.6 Å². The van der Waals surface area contributed by atoms with Crippen LogP contribution in [-0.4, -0.2) is 36.7 Å². The highest BCUT2D eigenvalue weighted by atomic mass is 35.5. The maximum Gasteiger partial charge on any atom is 0.326 e. The quantitative estimate of drug-likeness (QED) is 0.411. The number of anilines is 1. The van der Waals surface area contributed by atoms with Crippen LogP contribution in [0.1, 0.15) is 5.56 Å². The maximum absolute atomic E-state index is 12.3. The highest BCUT2D eigenvalue weighted by Crippen LogP contribution is 2.40. The lowest BCUT2D eigenvalue weighted by atomic mass is 10.2. The van der Waals surface area contributed by atoms with E-state index >= 15 is 0 Å². The summed E-state index contributed by atoms with van der Waals surface area (Å²) in [5.41, 5.74) is 0.492. The highest BCUT2D eigenvalue weighted by molar-refractivity contribution is 6.32. The normalized spacial score (nSPS) is 14.2. The van der Waals surface area contributed by atoms with Gasteiger partial charge in [0.05, 0.1) is 15.6 Å². The Morgan fingerprint density at radius 2 is 2.03 bits per heavy atom. The van der Waals surface area contributed by atoms with Crippen molar-refractivity contribution in [2.75, 3.05) is 24.8 Å². The molecule has 0 N–H and O–H groups in total. The van der Waals surface area contributed by atoms with Gasteiger partial charge >= 0.3 is 5.97 Å². The highest BCUT2D eigenvalue weighted by Gasteiger charge is 2.29. The van der Waals surface area contributed by atoms with Gasteiger partial charge in [-0.05, 0) is 23.8 Å². The summed E-state index contributed by atoms with van der Waals surface area (Å²) >= 11 is 6.09. The number of esters is 1. The van der Waals surface area contributed by atoms with Crippen molar-refractivity contribution < 1.29 is 33.5 Å². The number of hydrogen-bond donors (Lipinski definition) is 0. The number of rotatable bonds is 5. The van der Waals surface area contributed by atoms with Gasteiger partial charge < -0.3 is 18.9 Å². The first-order valence-corrected chi connectivity index (χ1v) is 8.75. The summed E-state index contributed by atoms with van der Waals surface area (Å²) < 4.78 is 21.0. The van der Waals surface area contributed by atoms with Crippen LogP contribution in [0.3, 0.4) is 0 Å². The molecule has 0 aromatic heterocycles. The fourth-order valence-corrected chi connectivity index (χ4v) is 3.21. The lowest BCUT2D eigenvalue weighted by Crippen LogP contribution is -2.42. The van der Waals surface area contributed by atoms with E-state index in [1.165, 1.54) is 18.2 Å². The van der Waals surface area contributed by atoms with Crippen LogP contribution in [-0.2, 0) is 20.9 Å². The maximum atomic E-state index is 12.3. The van der Waals surface area contributed by atoms with Gasteiger partial charge in [0.2, 0.25) is 6.79 Å². The second kappa shape index (κ2) is 7.47. The molecular weight excluding hydrogens is 408 g/mol. The standard InChI is InChI=1S/C18H13ClN2O8/c19-12-3-10(4-15-18(12)29-9-28-15)7-27-17(23)6-20-13-5-11(21(24)25)1-2-14(13)26-8-16(20)22/h1-5H,6-9H2. The number of non-ortho nitro benzene ring substituents is 1. The molecule has 10 nitrogen and oxygen atoms in total. The van der Waals surface area contributed by atoms with Gasteiger partial charge in [0, 0.05) is 12.1 Å². The van der Waals surface area contributed by atoms with Crippen LogP contribution in [0.5, 0.6) is 17.2 Å². The van der Waals surface area contributed by atoms with E-state index in [2.05, 4.69) is 0 Å². The van der Waals surface area contributed by atoms with E-state index in [0.717, 1.165) is 4.90 Å². The predicted molar refractivity (Wildman–Crippen MR) is 98.3 cm³/mol. The van der Waals surface area contributed by atoms with Crippen LogP contribution < -0.4 is 19.1 Å². The molecule has 0 spiro atoms. The van der Waals surface area contributed by atoms with Crippen molar-refractivity contribution in [3.63, 3.8) is 0 Å². The number of nitro benzene ring substituents is 1. The third-order valence-electron chi connectivity index (χ3n) is 4.27. The number of halogens is 1. The fourth-order valence-electron chi connectivity index (χ4n) is 2.92. The minimum absolute atomic E-state index is 0.0585. The molecule has 2 aliphatic rings. The number of ether oxygens (including phenoxy) is 4. The Morgan fingerprint density at radius 1 is 1.21 bits per heavy atom. The molecule has 1 amide bonds. The lowest BCUT2D eigenvalue weighted by molar-refractivity contribution is -0.384. The molecule has 2 aliphatic heterocycles. The van der Waals surface area contributed by atoms with Gasteiger partial charge in [-0.25, -0.2) is 0 Å². The second-order valence-corrected chi connectivity index (χ2v) is 6.56. The third-order valence-corrected chi connectivity index (χ3v) is 4.55. The van der Waals surface area contributed by atoms with Crippen LogP contribution in [0.15, 0.2) is 30.3 Å². The molecule has 2 aromatic rings. The van der Waals surface area contributed by atoms with Crippen LogP contribution in [0.25, 0.3) is 0 Å². The Kier molecular flexibility index (Phi) is 4.85. The minimum atomic E-state index is -0.702. The van der Waals surface area contributed by atoms with Crippen molar-refractivity contribution in [3.05, 3.63) is 51.0 Å². The van der Waals surface area contributed by atoms with E-state index in [1.54, 1.807) is 12.1 Å². The average molecular weight is 421 g/mol. The molecule has 11 heteroatoms. The summed E-state index contributed by atoms with van der Waals surface area (Å²) in [5.74, 6) is -0.0647. The molecule has 0 fully saturated rings. The topological polar surface area (TPSA) is 117 Å². The number of carbonyl (C=O) groups excluding carboxylic acids is 2. The monoisotopic (exact) mass is 420 g/mol. The van der Waals surface area contributed by atoms with E-state index < -0.39 is 23.3 Å². The van der Waals surface area contributed by atoms with Gasteiger partial charge in [-0.1, -0.05) is 11.6 Å². The van der Waals surface area contributed by atoms with Gasteiger partial charge in [-0.2, -0.15) is 0 Å². The number of amides is 1. The second-order valence-electron chi connectivity index (χ2n) is 6.15. The number of nitrogens with zero attached hydrogens (tertiary/aromatic N) is 2. The summed E-state index contributed by atoms with van der Waals surface area (Å²) in [6, 6.07) is 7.04. The van der Waals surface area contributed by atoms with Crippen LogP contribution in [0, 0.1) is 10.1 Å². The summed E-state index contributed by atoms with van der Waals surface area (Å²) in [6.07, 6.45) is 0. The summed E-state index contributed by atoms with van der Waals surface area (Å²) in [6.45, 7) is -0.747. The first-order chi connectivity index (χ1) is 13.9. The predicted octanol–water partition coefficient (Wildman–Crippen LogP) is 2.45. The van der Waals surface area contributed by atoms with Crippen molar-refractivity contribution >= 4 is 34.9 Å². The molecule has 0 aliphatic carbocycles. The molecule has 0 radical (unpaired) electrons. The van der Waals surface area contributed by atoms with Crippen molar-refractivity contribution in [2.45, 2.75) is 6.61 Å². The number of nitro groups is 1. The number of fused-ring (bicyclic) bond motifs is 2. The summed E-state index contributed by atoms with van der Waals surface area (Å²) in [5, 5.41) is 11.3. The molecule has 0 saturated heterocycles. The van der Waals surface area contributed by atoms with Gasteiger partial charge in [0.15, 0.2) is 18.1 Å². The molecular formula is C18H13ClN2O8. The van der Waals surface area contributed by atoms with Gasteiger partial charge in [-0.15, -0.1) is 0 Å². The third kappa shape index (κ3) is 3.74. The van der Waals surface area contributed by atoms with Crippen molar-refractivity contribution in [1.29, 1.82) is 0 Å². The summed E-state index contributed by atoms with van der Waals surface area (Å²) in [4.78, 5) is 36.0. The Morgan fingerprint density at radius 3 is 2.83 bits per heavy atom. The van der Waals surface area contributed by atoms with E-state index in [4.69, 9.17) is 30.5 Å². The smallest absolute Gasteiger partial charge is 0.326 e. The van der Waals surface area contributed by atoms with Crippen LogP contribution in [0.2, 0.25) is 5.02 Å². The molecule has 0 atom stereocenters. The summed E-state index contributed by atoms with van der Waals surface area (Å²) in [7, 11) is 0.